The molecule has 0 atom stereocenters. The van der Waals surface area contributed by atoms with Gasteiger partial charge in [0.15, 0.2) is 0 Å². The first-order valence-electron chi connectivity index (χ1n) is 6.80. The van der Waals surface area contributed by atoms with Crippen molar-refractivity contribution in [2.24, 2.45) is 0 Å². The van der Waals surface area contributed by atoms with Crippen LogP contribution >= 0.6 is 23.2 Å². The molecule has 22 heavy (non-hydrogen) atoms. The van der Waals surface area contributed by atoms with E-state index >= 15 is 0 Å². The fourth-order valence-electron chi connectivity index (χ4n) is 2.10. The summed E-state index contributed by atoms with van der Waals surface area (Å²) < 4.78 is 27.4. The lowest BCUT2D eigenvalue weighted by Gasteiger charge is -2.11. The highest BCUT2D eigenvalue weighted by molar-refractivity contribution is 7.89. The van der Waals surface area contributed by atoms with Crippen LogP contribution in [0.25, 0.3) is 0 Å². The van der Waals surface area contributed by atoms with Gasteiger partial charge in [0.25, 0.3) is 0 Å². The Balaban J connectivity index is 2.08. The Bertz CT molecular complexity index is 771. The molecule has 0 bridgehead atoms. The number of aryl methyl sites for hydroxylation is 2. The number of rotatable bonds is 5. The molecule has 0 aliphatic carbocycles. The van der Waals surface area contributed by atoms with E-state index in [1.54, 1.807) is 38.1 Å². The maximum absolute atomic E-state index is 12.4. The lowest BCUT2D eigenvalue weighted by Crippen LogP contribution is -2.26. The molecule has 0 unspecified atom stereocenters. The van der Waals surface area contributed by atoms with Crippen molar-refractivity contribution in [2.45, 2.75) is 25.2 Å². The molecule has 1 N–H and O–H groups in total. The summed E-state index contributed by atoms with van der Waals surface area (Å²) in [4.78, 5) is 0.269. The molecule has 0 aromatic heterocycles. The van der Waals surface area contributed by atoms with E-state index in [2.05, 4.69) is 4.72 Å². The predicted molar refractivity (Wildman–Crippen MR) is 91.3 cm³/mol. The van der Waals surface area contributed by atoms with Crippen molar-refractivity contribution in [3.05, 3.63) is 63.1 Å². The van der Waals surface area contributed by atoms with Gasteiger partial charge in [-0.2, -0.15) is 0 Å². The normalized spacial score (nSPS) is 11.6. The predicted octanol–water partition coefficient (Wildman–Crippen LogP) is 4.13. The Kier molecular flexibility index (Phi) is 5.50. The molecule has 2 aromatic carbocycles. The minimum absolute atomic E-state index is 0.269. The molecule has 0 aliphatic heterocycles. The van der Waals surface area contributed by atoms with E-state index in [4.69, 9.17) is 23.2 Å². The molecule has 0 saturated carbocycles. The fourth-order valence-corrected chi connectivity index (χ4v) is 3.79. The first-order valence-corrected chi connectivity index (χ1v) is 9.04. The van der Waals surface area contributed by atoms with Gasteiger partial charge in [0, 0.05) is 16.6 Å². The second-order valence-corrected chi connectivity index (χ2v) is 7.72. The van der Waals surface area contributed by atoms with Crippen molar-refractivity contribution >= 4 is 33.2 Å². The van der Waals surface area contributed by atoms with Crippen molar-refractivity contribution < 1.29 is 8.42 Å². The van der Waals surface area contributed by atoms with Gasteiger partial charge in [-0.1, -0.05) is 35.3 Å². The highest BCUT2D eigenvalue weighted by Crippen LogP contribution is 2.23. The summed E-state index contributed by atoms with van der Waals surface area (Å²) in [6, 6.07) is 10.6. The molecule has 0 radical (unpaired) electrons. The summed E-state index contributed by atoms with van der Waals surface area (Å²) in [6.07, 6.45) is 0.599. The van der Waals surface area contributed by atoms with Crippen molar-refractivity contribution in [3.63, 3.8) is 0 Å². The van der Waals surface area contributed by atoms with Crippen LogP contribution in [0.15, 0.2) is 41.3 Å². The number of nitrogens with one attached hydrogen (secondary N) is 1. The molecule has 0 aliphatic rings. The quantitative estimate of drug-likeness (QED) is 0.874. The monoisotopic (exact) mass is 357 g/mol. The Morgan fingerprint density at radius 3 is 2.27 bits per heavy atom. The zero-order valence-electron chi connectivity index (χ0n) is 12.4. The lowest BCUT2D eigenvalue weighted by atomic mass is 10.2. The summed E-state index contributed by atoms with van der Waals surface area (Å²) >= 11 is 11.8. The average molecular weight is 358 g/mol. The smallest absolute Gasteiger partial charge is 0.211 e. The van der Waals surface area contributed by atoms with E-state index < -0.39 is 10.0 Å². The Hall–Kier alpha value is -1.07. The zero-order valence-corrected chi connectivity index (χ0v) is 14.7. The standard InChI is InChI=1S/C16H17Cl2NO2S/c1-11-10-16(12(2)9-15(11)18)22(20,21)19-8-7-13-3-5-14(17)6-4-13/h3-6,9-10,19H,7-8H2,1-2H3. The minimum Gasteiger partial charge on any atom is -0.211 e. The van der Waals surface area contributed by atoms with Gasteiger partial charge < -0.3 is 0 Å². The SMILES string of the molecule is Cc1cc(S(=O)(=O)NCCc2ccc(Cl)cc2)c(C)cc1Cl. The Morgan fingerprint density at radius 1 is 1.00 bits per heavy atom. The molecule has 6 heteroatoms. The van der Waals surface area contributed by atoms with Gasteiger partial charge in [-0.25, -0.2) is 13.1 Å². The first-order chi connectivity index (χ1) is 10.3. The summed E-state index contributed by atoms with van der Waals surface area (Å²) in [5, 5.41) is 1.23. The zero-order chi connectivity index (χ0) is 16.3. The molecule has 2 rings (SSSR count). The van der Waals surface area contributed by atoms with Gasteiger partial charge >= 0.3 is 0 Å². The van der Waals surface area contributed by atoms with Gasteiger partial charge in [-0.15, -0.1) is 0 Å². The van der Waals surface area contributed by atoms with Gasteiger partial charge in [0.1, 0.15) is 0 Å². The maximum atomic E-state index is 12.4. The highest BCUT2D eigenvalue weighted by atomic mass is 35.5. The van der Waals surface area contributed by atoms with E-state index in [0.29, 0.717) is 28.6 Å². The summed E-state index contributed by atoms with van der Waals surface area (Å²) in [7, 11) is -3.54. The molecule has 0 heterocycles. The van der Waals surface area contributed by atoms with E-state index in [9.17, 15) is 8.42 Å². The van der Waals surface area contributed by atoms with Crippen LogP contribution in [0.1, 0.15) is 16.7 Å². The molecule has 0 fully saturated rings. The molecule has 0 saturated heterocycles. The molecule has 118 valence electrons. The van der Waals surface area contributed by atoms with Gasteiger partial charge in [0.2, 0.25) is 10.0 Å². The van der Waals surface area contributed by atoms with Crippen LogP contribution in [-0.4, -0.2) is 15.0 Å². The van der Waals surface area contributed by atoms with Crippen molar-refractivity contribution in [3.8, 4) is 0 Å². The van der Waals surface area contributed by atoms with Crippen molar-refractivity contribution in [2.75, 3.05) is 6.54 Å². The van der Waals surface area contributed by atoms with Crippen LogP contribution in [-0.2, 0) is 16.4 Å². The van der Waals surface area contributed by atoms with Gasteiger partial charge in [-0.05, 0) is 61.2 Å². The maximum Gasteiger partial charge on any atom is 0.240 e. The van der Waals surface area contributed by atoms with E-state index in [1.807, 2.05) is 12.1 Å². The molecule has 0 spiro atoms. The van der Waals surface area contributed by atoms with Crippen LogP contribution < -0.4 is 4.72 Å². The fraction of sp³-hybridized carbons (Fsp3) is 0.250. The molecule has 3 nitrogen and oxygen atoms in total. The number of sulfonamides is 1. The van der Waals surface area contributed by atoms with Crippen molar-refractivity contribution in [1.29, 1.82) is 0 Å². The highest BCUT2D eigenvalue weighted by Gasteiger charge is 2.17. The average Bonchev–Trinajstić information content (AvgIpc) is 2.44. The van der Waals surface area contributed by atoms with E-state index in [1.165, 1.54) is 0 Å². The summed E-state index contributed by atoms with van der Waals surface area (Å²) in [6.45, 7) is 3.85. The number of halogens is 2. The minimum atomic E-state index is -3.54. The van der Waals surface area contributed by atoms with Crippen LogP contribution in [0.5, 0.6) is 0 Å². The first kappa shape index (κ1) is 17.3. The third kappa shape index (κ3) is 4.23. The lowest BCUT2D eigenvalue weighted by molar-refractivity contribution is 0.581. The van der Waals surface area contributed by atoms with Crippen LogP contribution in [0.4, 0.5) is 0 Å². The van der Waals surface area contributed by atoms with Crippen molar-refractivity contribution in [1.82, 2.24) is 4.72 Å². The third-order valence-electron chi connectivity index (χ3n) is 3.36. The Labute approximate surface area is 141 Å². The molecular weight excluding hydrogens is 341 g/mol. The number of benzene rings is 2. The van der Waals surface area contributed by atoms with Crippen LogP contribution in [0.2, 0.25) is 10.0 Å². The van der Waals surface area contributed by atoms with Gasteiger partial charge in [0.05, 0.1) is 4.90 Å². The topological polar surface area (TPSA) is 46.2 Å². The second-order valence-electron chi connectivity index (χ2n) is 5.14. The van der Waals surface area contributed by atoms with Gasteiger partial charge in [-0.3, -0.25) is 0 Å². The summed E-state index contributed by atoms with van der Waals surface area (Å²) in [5.41, 5.74) is 2.40. The molecular formula is C16H17Cl2NO2S. The van der Waals surface area contributed by atoms with Crippen LogP contribution in [0.3, 0.4) is 0 Å². The molecule has 0 amide bonds. The largest absolute Gasteiger partial charge is 0.240 e. The summed E-state index contributed by atoms with van der Waals surface area (Å²) in [5.74, 6) is 0. The van der Waals surface area contributed by atoms with E-state index in [0.717, 1.165) is 11.1 Å². The van der Waals surface area contributed by atoms with Crippen LogP contribution in [0, 0.1) is 13.8 Å². The van der Waals surface area contributed by atoms with E-state index in [-0.39, 0.29) is 4.90 Å². The molecule has 2 aromatic rings. The Morgan fingerprint density at radius 2 is 1.64 bits per heavy atom. The third-order valence-corrected chi connectivity index (χ3v) is 5.63. The number of hydrogen-bond donors (Lipinski definition) is 1. The second kappa shape index (κ2) is 7.01. The number of hydrogen-bond acceptors (Lipinski definition) is 2.